The summed E-state index contributed by atoms with van der Waals surface area (Å²) in [4.78, 5) is 18.4. The van der Waals surface area contributed by atoms with E-state index in [4.69, 9.17) is 0 Å². The maximum Gasteiger partial charge on any atom is 0.222 e. The van der Waals surface area contributed by atoms with Crippen LogP contribution in [0.4, 0.5) is 0 Å². The number of rotatable bonds is 7. The third-order valence-corrected chi connectivity index (χ3v) is 6.58. The number of nitrogens with zero attached hydrogens (tertiary/aromatic N) is 2. The van der Waals surface area contributed by atoms with E-state index in [-0.39, 0.29) is 5.91 Å². The quantitative estimate of drug-likeness (QED) is 0.508. The first-order chi connectivity index (χ1) is 14.8. The first-order valence-electron chi connectivity index (χ1n) is 10.4. The second kappa shape index (κ2) is 9.96. The molecule has 31 heavy (non-hydrogen) atoms. The molecule has 2 aromatic carbocycles. The van der Waals surface area contributed by atoms with Gasteiger partial charge in [-0.3, -0.25) is 9.79 Å². The lowest BCUT2D eigenvalue weighted by molar-refractivity contribution is -0.128. The molecule has 0 unspecified atom stereocenters. The molecule has 166 valence electrons. The van der Waals surface area contributed by atoms with Gasteiger partial charge >= 0.3 is 0 Å². The fraction of sp³-hybridized carbons (Fsp3) is 0.391. The van der Waals surface area contributed by atoms with E-state index < -0.39 is 9.84 Å². The topological polar surface area (TPSA) is 90.9 Å². The van der Waals surface area contributed by atoms with Gasteiger partial charge in [-0.2, -0.15) is 0 Å². The number of amides is 1. The van der Waals surface area contributed by atoms with Crippen LogP contribution in [0.15, 0.2) is 52.4 Å². The van der Waals surface area contributed by atoms with Crippen LogP contribution in [0.1, 0.15) is 35.1 Å². The van der Waals surface area contributed by atoms with Gasteiger partial charge in [-0.25, -0.2) is 8.42 Å². The van der Waals surface area contributed by atoms with Gasteiger partial charge in [-0.15, -0.1) is 0 Å². The molecular formula is C23H30N4O3S. The van der Waals surface area contributed by atoms with Crippen LogP contribution in [-0.2, 0) is 34.3 Å². The molecule has 0 saturated carbocycles. The third-order valence-electron chi connectivity index (χ3n) is 5.32. The van der Waals surface area contributed by atoms with Gasteiger partial charge < -0.3 is 15.5 Å². The normalized spacial score (nSPS) is 14.7. The Morgan fingerprint density at radius 3 is 2.32 bits per heavy atom. The molecule has 0 spiro atoms. The van der Waals surface area contributed by atoms with Gasteiger partial charge in [0.15, 0.2) is 15.8 Å². The van der Waals surface area contributed by atoms with Crippen LogP contribution in [-0.4, -0.2) is 45.0 Å². The highest BCUT2D eigenvalue weighted by molar-refractivity contribution is 7.90. The van der Waals surface area contributed by atoms with Crippen LogP contribution in [0, 0.1) is 6.92 Å². The number of hydrogen-bond donors (Lipinski definition) is 2. The van der Waals surface area contributed by atoms with E-state index in [1.807, 2.05) is 35.2 Å². The zero-order chi connectivity index (χ0) is 22.4. The Bertz CT molecular complexity index is 1080. The Labute approximate surface area is 184 Å². The second-order valence-corrected chi connectivity index (χ2v) is 9.87. The van der Waals surface area contributed by atoms with E-state index in [0.717, 1.165) is 35.2 Å². The third kappa shape index (κ3) is 6.30. The first kappa shape index (κ1) is 22.8. The summed E-state index contributed by atoms with van der Waals surface area (Å²) in [5.41, 5.74) is 3.95. The summed E-state index contributed by atoms with van der Waals surface area (Å²) in [5, 5.41) is 6.56. The number of hydrogen-bond acceptors (Lipinski definition) is 4. The molecule has 1 aliphatic rings. The molecule has 8 heteroatoms. The zero-order valence-corrected chi connectivity index (χ0v) is 19.1. The number of guanidine groups is 1. The number of carbonyl (C=O) groups is 1. The molecule has 0 radical (unpaired) electrons. The molecule has 2 aromatic rings. The predicted molar refractivity (Wildman–Crippen MR) is 122 cm³/mol. The van der Waals surface area contributed by atoms with Gasteiger partial charge in [0.2, 0.25) is 5.91 Å². The number of aryl methyl sites for hydroxylation is 1. The SMILES string of the molecule is CN=C(NCc1cccc(CN2CCCC2=O)c1)NCc1ccc(S(C)(=O)=O)c(C)c1. The van der Waals surface area contributed by atoms with E-state index in [0.29, 0.717) is 36.9 Å². The molecule has 0 atom stereocenters. The highest BCUT2D eigenvalue weighted by Crippen LogP contribution is 2.17. The Morgan fingerprint density at radius 2 is 1.74 bits per heavy atom. The summed E-state index contributed by atoms with van der Waals surface area (Å²) in [6.07, 6.45) is 2.81. The van der Waals surface area contributed by atoms with Crippen molar-refractivity contribution < 1.29 is 13.2 Å². The van der Waals surface area contributed by atoms with Gasteiger partial charge in [0.05, 0.1) is 4.90 Å². The largest absolute Gasteiger partial charge is 0.352 e. The number of likely N-dealkylation sites (tertiary alicyclic amines) is 1. The van der Waals surface area contributed by atoms with Crippen molar-refractivity contribution in [2.24, 2.45) is 4.99 Å². The van der Waals surface area contributed by atoms with Crippen LogP contribution in [0.3, 0.4) is 0 Å². The number of aliphatic imine (C=N–C) groups is 1. The molecule has 7 nitrogen and oxygen atoms in total. The summed E-state index contributed by atoms with van der Waals surface area (Å²) in [5.74, 6) is 0.887. The Hall–Kier alpha value is -2.87. The van der Waals surface area contributed by atoms with Crippen LogP contribution >= 0.6 is 0 Å². The van der Waals surface area contributed by atoms with Gasteiger partial charge in [-0.05, 0) is 41.7 Å². The van der Waals surface area contributed by atoms with Crippen LogP contribution in [0.2, 0.25) is 0 Å². The van der Waals surface area contributed by atoms with E-state index in [1.54, 1.807) is 20.0 Å². The highest BCUT2D eigenvalue weighted by atomic mass is 32.2. The zero-order valence-electron chi connectivity index (χ0n) is 18.3. The van der Waals surface area contributed by atoms with E-state index in [2.05, 4.69) is 21.7 Å². The van der Waals surface area contributed by atoms with Crippen molar-refractivity contribution in [1.82, 2.24) is 15.5 Å². The van der Waals surface area contributed by atoms with Crippen LogP contribution < -0.4 is 10.6 Å². The monoisotopic (exact) mass is 442 g/mol. The average molecular weight is 443 g/mol. The molecule has 1 fully saturated rings. The van der Waals surface area contributed by atoms with Crippen molar-refractivity contribution in [3.05, 3.63) is 64.7 Å². The lowest BCUT2D eigenvalue weighted by atomic mass is 10.1. The molecular weight excluding hydrogens is 412 g/mol. The molecule has 0 bridgehead atoms. The van der Waals surface area contributed by atoms with Gasteiger partial charge in [0.1, 0.15) is 0 Å². The lowest BCUT2D eigenvalue weighted by Crippen LogP contribution is -2.36. The predicted octanol–water partition coefficient (Wildman–Crippen LogP) is 2.39. The van der Waals surface area contributed by atoms with Crippen molar-refractivity contribution in [3.63, 3.8) is 0 Å². The smallest absolute Gasteiger partial charge is 0.222 e. The first-order valence-corrected chi connectivity index (χ1v) is 12.2. The number of benzene rings is 2. The molecule has 0 aliphatic carbocycles. The van der Waals surface area contributed by atoms with E-state index in [1.165, 1.54) is 6.26 Å². The van der Waals surface area contributed by atoms with Crippen molar-refractivity contribution >= 4 is 21.7 Å². The van der Waals surface area contributed by atoms with Crippen LogP contribution in [0.5, 0.6) is 0 Å². The van der Waals surface area contributed by atoms with Gasteiger partial charge in [0, 0.05) is 45.9 Å². The van der Waals surface area contributed by atoms with Crippen molar-refractivity contribution in [2.45, 2.75) is 44.3 Å². The van der Waals surface area contributed by atoms with Crippen molar-refractivity contribution in [3.8, 4) is 0 Å². The van der Waals surface area contributed by atoms with Crippen molar-refractivity contribution in [1.29, 1.82) is 0 Å². The summed E-state index contributed by atoms with van der Waals surface area (Å²) in [7, 11) is -1.51. The minimum Gasteiger partial charge on any atom is -0.352 e. The Kier molecular flexibility index (Phi) is 7.33. The molecule has 2 N–H and O–H groups in total. The Morgan fingerprint density at radius 1 is 1.06 bits per heavy atom. The number of nitrogens with one attached hydrogen (secondary N) is 2. The molecule has 1 aliphatic heterocycles. The van der Waals surface area contributed by atoms with E-state index in [9.17, 15) is 13.2 Å². The molecule has 1 heterocycles. The van der Waals surface area contributed by atoms with E-state index >= 15 is 0 Å². The fourth-order valence-corrected chi connectivity index (χ4v) is 4.72. The standard InChI is InChI=1S/C23H30N4O3S/c1-17-12-19(9-10-21(17)31(3,29)30)15-26-23(24-2)25-14-18-6-4-7-20(13-18)16-27-11-5-8-22(27)28/h4,6-7,9-10,12-13H,5,8,11,14-16H2,1-3H3,(H2,24,25,26). The second-order valence-electron chi connectivity index (χ2n) is 7.89. The van der Waals surface area contributed by atoms with Crippen LogP contribution in [0.25, 0.3) is 0 Å². The highest BCUT2D eigenvalue weighted by Gasteiger charge is 2.19. The molecule has 1 amide bonds. The maximum absolute atomic E-state index is 11.9. The lowest BCUT2D eigenvalue weighted by Gasteiger charge is -2.17. The average Bonchev–Trinajstić information content (AvgIpc) is 3.12. The minimum atomic E-state index is -3.22. The summed E-state index contributed by atoms with van der Waals surface area (Å²) in [6.45, 7) is 4.43. The number of sulfone groups is 1. The molecule has 0 aromatic heterocycles. The molecule has 3 rings (SSSR count). The van der Waals surface area contributed by atoms with Gasteiger partial charge in [-0.1, -0.05) is 36.4 Å². The Balaban J connectivity index is 1.54. The summed E-state index contributed by atoms with van der Waals surface area (Å²) >= 11 is 0. The number of carbonyl (C=O) groups excluding carboxylic acids is 1. The summed E-state index contributed by atoms with van der Waals surface area (Å²) in [6, 6.07) is 13.5. The van der Waals surface area contributed by atoms with Gasteiger partial charge in [0.25, 0.3) is 0 Å². The fourth-order valence-electron chi connectivity index (χ4n) is 3.76. The maximum atomic E-state index is 11.9. The molecule has 1 saturated heterocycles. The summed E-state index contributed by atoms with van der Waals surface area (Å²) < 4.78 is 23.5. The minimum absolute atomic E-state index is 0.230. The van der Waals surface area contributed by atoms with Crippen molar-refractivity contribution in [2.75, 3.05) is 19.8 Å².